The molecule has 4 aliphatic rings. The van der Waals surface area contributed by atoms with Gasteiger partial charge in [0.2, 0.25) is 5.91 Å². The summed E-state index contributed by atoms with van der Waals surface area (Å²) in [5.41, 5.74) is 1.08. The van der Waals surface area contributed by atoms with E-state index in [9.17, 15) is 19.7 Å². The van der Waals surface area contributed by atoms with Crippen LogP contribution in [0, 0.1) is 22.0 Å². The molecule has 1 aromatic rings. The minimum Gasteiger partial charge on any atom is -0.469 e. The summed E-state index contributed by atoms with van der Waals surface area (Å²) >= 11 is 0. The summed E-state index contributed by atoms with van der Waals surface area (Å²) in [6, 6.07) is 7.48. The van der Waals surface area contributed by atoms with Gasteiger partial charge >= 0.3 is 5.97 Å². The number of nitro benzene ring substituents is 1. The van der Waals surface area contributed by atoms with Crippen LogP contribution in [0.15, 0.2) is 24.3 Å². The minimum absolute atomic E-state index is 0.0990. The lowest BCUT2D eigenvalue weighted by Gasteiger charge is -2.57. The van der Waals surface area contributed by atoms with Crippen LogP contribution in [-0.4, -0.2) is 103 Å². The van der Waals surface area contributed by atoms with Crippen molar-refractivity contribution in [2.75, 3.05) is 64.4 Å². The largest absolute Gasteiger partial charge is 0.469 e. The first-order chi connectivity index (χ1) is 18.4. The number of piperazine rings is 1. The molecule has 10 nitrogen and oxygen atoms in total. The van der Waals surface area contributed by atoms with E-state index in [-0.39, 0.29) is 28.5 Å². The number of benzene rings is 1. The predicted octanol–water partition coefficient (Wildman–Crippen LogP) is 2.76. The van der Waals surface area contributed by atoms with Gasteiger partial charge in [0.15, 0.2) is 0 Å². The molecule has 4 aliphatic heterocycles. The molecular weight excluding hydrogens is 486 g/mol. The summed E-state index contributed by atoms with van der Waals surface area (Å²) < 4.78 is 4.87. The van der Waals surface area contributed by atoms with E-state index in [0.29, 0.717) is 30.8 Å². The Balaban J connectivity index is 1.22. The number of carbonyl (C=O) groups excluding carboxylic acids is 2. The van der Waals surface area contributed by atoms with Crippen LogP contribution in [0.1, 0.15) is 44.9 Å². The number of nitrogens with zero attached hydrogens (tertiary/aromatic N) is 5. The zero-order valence-electron chi connectivity index (χ0n) is 22.5. The summed E-state index contributed by atoms with van der Waals surface area (Å²) in [5, 5.41) is 11.0. The number of likely N-dealkylation sites (tertiary alicyclic amines) is 1. The lowest BCUT2D eigenvalue weighted by atomic mass is 9.69. The number of ether oxygens (including phenoxy) is 1. The van der Waals surface area contributed by atoms with Crippen molar-refractivity contribution < 1.29 is 19.2 Å². The second-order valence-electron chi connectivity index (χ2n) is 11.4. The highest BCUT2D eigenvalue weighted by molar-refractivity contribution is 5.79. The standard InChI is InChI=1S/C28H41N5O5/c1-38-27(35)8-2-7-25-24-6-4-14-31-13-3-5-21(28(24)31)19-32(25)26(34)20-29-15-17-30(18-16-29)22-9-11-23(12-10-22)33(36)37/h9-12,21,24-25,28H,2-8,13-20H2,1H3. The number of amides is 1. The van der Waals surface area contributed by atoms with Gasteiger partial charge < -0.3 is 14.5 Å². The van der Waals surface area contributed by atoms with Gasteiger partial charge in [0.05, 0.1) is 18.6 Å². The summed E-state index contributed by atoms with van der Waals surface area (Å²) in [6.45, 7) is 6.77. The van der Waals surface area contributed by atoms with Crippen LogP contribution in [0.2, 0.25) is 0 Å². The summed E-state index contributed by atoms with van der Waals surface area (Å²) in [5.74, 6) is 1.08. The molecule has 208 valence electrons. The molecule has 1 amide bonds. The number of anilines is 1. The molecule has 0 saturated carbocycles. The fourth-order valence-electron chi connectivity index (χ4n) is 7.44. The molecule has 4 saturated heterocycles. The van der Waals surface area contributed by atoms with Gasteiger partial charge in [-0.25, -0.2) is 0 Å². The molecule has 0 spiro atoms. The van der Waals surface area contributed by atoms with Gasteiger partial charge in [-0.15, -0.1) is 0 Å². The molecule has 0 bridgehead atoms. The maximum atomic E-state index is 13.8. The van der Waals surface area contributed by atoms with Crippen LogP contribution in [0.5, 0.6) is 0 Å². The second-order valence-corrected chi connectivity index (χ2v) is 11.4. The Morgan fingerprint density at radius 3 is 2.42 bits per heavy atom. The van der Waals surface area contributed by atoms with Crippen molar-refractivity contribution in [3.8, 4) is 0 Å². The molecule has 4 fully saturated rings. The van der Waals surface area contributed by atoms with Gasteiger partial charge in [-0.2, -0.15) is 0 Å². The molecule has 38 heavy (non-hydrogen) atoms. The molecule has 10 heteroatoms. The number of esters is 1. The van der Waals surface area contributed by atoms with Crippen LogP contribution in [0.25, 0.3) is 0 Å². The van der Waals surface area contributed by atoms with Crippen molar-refractivity contribution >= 4 is 23.3 Å². The van der Waals surface area contributed by atoms with Crippen molar-refractivity contribution in [1.29, 1.82) is 0 Å². The molecule has 1 aromatic carbocycles. The average Bonchev–Trinajstić information content (AvgIpc) is 2.94. The van der Waals surface area contributed by atoms with Crippen LogP contribution in [0.3, 0.4) is 0 Å². The Morgan fingerprint density at radius 2 is 1.74 bits per heavy atom. The lowest BCUT2D eigenvalue weighted by molar-refractivity contribution is -0.384. The number of methoxy groups -OCH3 is 1. The maximum absolute atomic E-state index is 13.8. The molecule has 4 unspecified atom stereocenters. The first kappa shape index (κ1) is 26.9. The van der Waals surface area contributed by atoms with Crippen molar-refractivity contribution in [1.82, 2.24) is 14.7 Å². The van der Waals surface area contributed by atoms with Crippen LogP contribution in [-0.2, 0) is 14.3 Å². The van der Waals surface area contributed by atoms with E-state index in [1.165, 1.54) is 39.5 Å². The van der Waals surface area contributed by atoms with Gasteiger partial charge in [0.1, 0.15) is 0 Å². The Morgan fingerprint density at radius 1 is 1.03 bits per heavy atom. The molecule has 5 rings (SSSR count). The number of non-ortho nitro benzene ring substituents is 1. The topological polar surface area (TPSA) is 99.5 Å². The summed E-state index contributed by atoms with van der Waals surface area (Å²) in [7, 11) is 1.44. The number of piperidine rings is 3. The van der Waals surface area contributed by atoms with Crippen LogP contribution in [0.4, 0.5) is 11.4 Å². The highest BCUT2D eigenvalue weighted by Crippen LogP contribution is 2.43. The molecule has 0 aromatic heterocycles. The Hall–Kier alpha value is -2.72. The third-order valence-electron chi connectivity index (χ3n) is 9.26. The monoisotopic (exact) mass is 527 g/mol. The van der Waals surface area contributed by atoms with Crippen molar-refractivity contribution in [3.63, 3.8) is 0 Å². The highest BCUT2D eigenvalue weighted by Gasteiger charge is 2.49. The van der Waals surface area contributed by atoms with Gasteiger partial charge in [-0.05, 0) is 75.6 Å². The highest BCUT2D eigenvalue weighted by atomic mass is 16.6. The van der Waals surface area contributed by atoms with Crippen molar-refractivity contribution in [3.05, 3.63) is 34.4 Å². The Labute approximate surface area is 225 Å². The number of hydrogen-bond donors (Lipinski definition) is 0. The lowest BCUT2D eigenvalue weighted by Crippen LogP contribution is -2.66. The Kier molecular flexibility index (Phi) is 8.48. The molecule has 0 radical (unpaired) electrons. The van der Waals surface area contributed by atoms with E-state index in [2.05, 4.69) is 19.6 Å². The molecule has 4 heterocycles. The number of nitro groups is 1. The van der Waals surface area contributed by atoms with Crippen molar-refractivity contribution in [2.24, 2.45) is 11.8 Å². The SMILES string of the molecule is COC(=O)CCCC1C2CCCN3CCCC(CN1C(=O)CN1CCN(c4ccc([N+](=O)[O-])cc4)CC1)C23. The van der Waals surface area contributed by atoms with E-state index in [0.717, 1.165) is 57.7 Å². The number of hydrogen-bond acceptors (Lipinski definition) is 8. The molecule has 0 N–H and O–H groups in total. The van der Waals surface area contributed by atoms with Crippen molar-refractivity contribution in [2.45, 2.75) is 57.0 Å². The first-order valence-electron chi connectivity index (χ1n) is 14.3. The first-order valence-corrected chi connectivity index (χ1v) is 14.3. The van der Waals surface area contributed by atoms with E-state index >= 15 is 0 Å². The number of rotatable bonds is 8. The normalized spacial score (nSPS) is 28.0. The fourth-order valence-corrected chi connectivity index (χ4v) is 7.44. The third-order valence-corrected chi connectivity index (χ3v) is 9.26. The molecular formula is C28H41N5O5. The van der Waals surface area contributed by atoms with Crippen LogP contribution < -0.4 is 4.90 Å². The smallest absolute Gasteiger partial charge is 0.305 e. The van der Waals surface area contributed by atoms with E-state index in [1.807, 2.05) is 0 Å². The van der Waals surface area contributed by atoms with Gasteiger partial charge in [-0.1, -0.05) is 0 Å². The second kappa shape index (κ2) is 12.0. The maximum Gasteiger partial charge on any atom is 0.305 e. The molecule has 0 aliphatic carbocycles. The summed E-state index contributed by atoms with van der Waals surface area (Å²) in [6.07, 6.45) is 6.79. The van der Waals surface area contributed by atoms with E-state index < -0.39 is 0 Å². The molecule has 4 atom stereocenters. The predicted molar refractivity (Wildman–Crippen MR) is 144 cm³/mol. The fraction of sp³-hybridized carbons (Fsp3) is 0.714. The number of carbonyl (C=O) groups is 2. The van der Waals surface area contributed by atoms with Gasteiger partial charge in [-0.3, -0.25) is 29.5 Å². The van der Waals surface area contributed by atoms with Crippen LogP contribution >= 0.6 is 0 Å². The quantitative estimate of drug-likeness (QED) is 0.289. The Bertz CT molecular complexity index is 994. The summed E-state index contributed by atoms with van der Waals surface area (Å²) in [4.78, 5) is 45.5. The zero-order chi connectivity index (χ0) is 26.6. The van der Waals surface area contributed by atoms with E-state index in [4.69, 9.17) is 4.74 Å². The third kappa shape index (κ3) is 5.81. The van der Waals surface area contributed by atoms with Gasteiger partial charge in [0.25, 0.3) is 5.69 Å². The zero-order valence-corrected chi connectivity index (χ0v) is 22.5. The minimum atomic E-state index is -0.378. The van der Waals surface area contributed by atoms with E-state index in [1.54, 1.807) is 24.3 Å². The average molecular weight is 528 g/mol. The van der Waals surface area contributed by atoms with Gasteiger partial charge in [0, 0.05) is 69.0 Å².